The molecule has 1 aromatic rings. The summed E-state index contributed by atoms with van der Waals surface area (Å²) in [4.78, 5) is 13.4. The normalized spacial score (nSPS) is 24.7. The van der Waals surface area contributed by atoms with Crippen LogP contribution in [-0.2, 0) is 11.2 Å². The average Bonchev–Trinajstić information content (AvgIpc) is 2.80. The van der Waals surface area contributed by atoms with Crippen molar-refractivity contribution in [3.8, 4) is 5.75 Å². The minimum atomic E-state index is -0.675. The fourth-order valence-corrected chi connectivity index (χ4v) is 3.12. The van der Waals surface area contributed by atoms with Gasteiger partial charge in [0.2, 0.25) is 0 Å². The van der Waals surface area contributed by atoms with Crippen LogP contribution in [0.4, 0.5) is 0 Å². The monoisotopic (exact) mass is 277 g/mol. The average molecular weight is 277 g/mol. The van der Waals surface area contributed by atoms with Crippen molar-refractivity contribution in [3.05, 3.63) is 29.8 Å². The summed E-state index contributed by atoms with van der Waals surface area (Å²) in [6, 6.07) is 7.79. The summed E-state index contributed by atoms with van der Waals surface area (Å²) in [7, 11) is 0. The van der Waals surface area contributed by atoms with E-state index in [-0.39, 0.29) is 12.0 Å². The summed E-state index contributed by atoms with van der Waals surface area (Å²) in [5.41, 5.74) is 1.20. The minimum Gasteiger partial charge on any atom is -0.508 e. The second-order valence-electron chi connectivity index (χ2n) is 5.77. The zero-order chi connectivity index (χ0) is 14.7. The van der Waals surface area contributed by atoms with E-state index in [4.69, 9.17) is 5.11 Å². The number of hydrogen-bond donors (Lipinski definition) is 2. The number of aliphatic carboxylic acids is 1. The Morgan fingerprint density at radius 1 is 1.40 bits per heavy atom. The van der Waals surface area contributed by atoms with Gasteiger partial charge in [-0.15, -0.1) is 0 Å². The molecule has 0 spiro atoms. The zero-order valence-corrected chi connectivity index (χ0v) is 12.1. The maximum Gasteiger partial charge on any atom is 0.308 e. The highest BCUT2D eigenvalue weighted by atomic mass is 16.4. The fourth-order valence-electron chi connectivity index (χ4n) is 3.12. The number of benzene rings is 1. The molecule has 0 saturated carbocycles. The molecule has 110 valence electrons. The molecular weight excluding hydrogens is 254 g/mol. The van der Waals surface area contributed by atoms with Gasteiger partial charge in [-0.05, 0) is 57.4 Å². The minimum absolute atomic E-state index is 0.113. The van der Waals surface area contributed by atoms with Crippen molar-refractivity contribution < 1.29 is 15.0 Å². The smallest absolute Gasteiger partial charge is 0.308 e. The van der Waals surface area contributed by atoms with Crippen LogP contribution < -0.4 is 0 Å². The van der Waals surface area contributed by atoms with Crippen LogP contribution in [0.25, 0.3) is 0 Å². The predicted molar refractivity (Wildman–Crippen MR) is 77.8 cm³/mol. The Hall–Kier alpha value is -1.55. The number of aryl methyl sites for hydroxylation is 1. The fraction of sp³-hybridized carbons (Fsp3) is 0.562. The second kappa shape index (κ2) is 6.27. The number of aromatic hydroxyl groups is 1. The molecule has 2 N–H and O–H groups in total. The predicted octanol–water partition coefficient (Wildman–Crippen LogP) is 2.51. The molecule has 4 nitrogen and oxygen atoms in total. The van der Waals surface area contributed by atoms with Crippen molar-refractivity contribution in [3.63, 3.8) is 0 Å². The first kappa shape index (κ1) is 14.9. The molecule has 1 aliphatic heterocycles. The van der Waals surface area contributed by atoms with Gasteiger partial charge in [-0.25, -0.2) is 0 Å². The maximum atomic E-state index is 11.1. The van der Waals surface area contributed by atoms with Crippen molar-refractivity contribution in [1.29, 1.82) is 0 Å². The van der Waals surface area contributed by atoms with Gasteiger partial charge in [-0.3, -0.25) is 9.69 Å². The highest BCUT2D eigenvalue weighted by Crippen LogP contribution is 2.27. The number of nitrogens with zero attached hydrogens (tertiary/aromatic N) is 1. The van der Waals surface area contributed by atoms with Crippen LogP contribution in [0.1, 0.15) is 32.3 Å². The van der Waals surface area contributed by atoms with Crippen molar-refractivity contribution in [2.24, 2.45) is 5.92 Å². The van der Waals surface area contributed by atoms with E-state index in [1.54, 1.807) is 12.1 Å². The van der Waals surface area contributed by atoms with Crippen LogP contribution >= 0.6 is 0 Å². The van der Waals surface area contributed by atoms with E-state index < -0.39 is 5.97 Å². The lowest BCUT2D eigenvalue weighted by molar-refractivity contribution is -0.142. The van der Waals surface area contributed by atoms with Gasteiger partial charge < -0.3 is 10.2 Å². The van der Waals surface area contributed by atoms with Crippen LogP contribution in [0.2, 0.25) is 0 Å². The third kappa shape index (κ3) is 3.31. The molecule has 0 amide bonds. The lowest BCUT2D eigenvalue weighted by Gasteiger charge is -2.29. The van der Waals surface area contributed by atoms with E-state index in [0.29, 0.717) is 11.8 Å². The summed E-state index contributed by atoms with van der Waals surface area (Å²) in [5.74, 6) is -0.615. The number of carboxylic acids is 1. The first-order valence-corrected chi connectivity index (χ1v) is 7.25. The Kier molecular flexibility index (Phi) is 4.65. The molecule has 3 unspecified atom stereocenters. The molecule has 3 atom stereocenters. The number of hydrogen-bond acceptors (Lipinski definition) is 3. The van der Waals surface area contributed by atoms with E-state index in [2.05, 4.69) is 11.8 Å². The van der Waals surface area contributed by atoms with Gasteiger partial charge in [0.1, 0.15) is 5.75 Å². The van der Waals surface area contributed by atoms with Crippen molar-refractivity contribution in [1.82, 2.24) is 4.90 Å². The summed E-state index contributed by atoms with van der Waals surface area (Å²) >= 11 is 0. The quantitative estimate of drug-likeness (QED) is 0.868. The van der Waals surface area contributed by atoms with E-state index in [1.807, 2.05) is 19.1 Å². The van der Waals surface area contributed by atoms with Gasteiger partial charge in [-0.2, -0.15) is 0 Å². The lowest BCUT2D eigenvalue weighted by atomic mass is 10.0. The number of carboxylic acid groups (broad SMARTS) is 1. The molecule has 0 aromatic heterocycles. The SMILES string of the molecule is CC(CCc1ccc(O)cc1)N1CCC(C(=O)O)C1C. The van der Waals surface area contributed by atoms with Crippen molar-refractivity contribution in [2.45, 2.75) is 45.2 Å². The number of carbonyl (C=O) groups is 1. The Labute approximate surface area is 120 Å². The number of likely N-dealkylation sites (tertiary alicyclic amines) is 1. The molecule has 1 fully saturated rings. The summed E-state index contributed by atoms with van der Waals surface area (Å²) < 4.78 is 0. The number of phenols is 1. The molecule has 1 aliphatic rings. The van der Waals surface area contributed by atoms with E-state index in [9.17, 15) is 9.90 Å². The first-order chi connectivity index (χ1) is 9.49. The van der Waals surface area contributed by atoms with Gasteiger partial charge in [-0.1, -0.05) is 12.1 Å². The van der Waals surface area contributed by atoms with Crippen LogP contribution in [0.15, 0.2) is 24.3 Å². The molecule has 2 rings (SSSR count). The zero-order valence-electron chi connectivity index (χ0n) is 12.1. The lowest BCUT2D eigenvalue weighted by Crippen LogP contribution is -2.39. The Morgan fingerprint density at radius 2 is 2.05 bits per heavy atom. The summed E-state index contributed by atoms with van der Waals surface area (Å²) in [5, 5.41) is 18.4. The largest absolute Gasteiger partial charge is 0.508 e. The molecule has 20 heavy (non-hydrogen) atoms. The Balaban J connectivity index is 1.87. The molecule has 1 saturated heterocycles. The molecule has 0 radical (unpaired) electrons. The third-order valence-electron chi connectivity index (χ3n) is 4.47. The molecule has 1 heterocycles. The topological polar surface area (TPSA) is 60.8 Å². The summed E-state index contributed by atoms with van der Waals surface area (Å²) in [6.07, 6.45) is 2.70. The molecule has 4 heteroatoms. The van der Waals surface area contributed by atoms with Crippen molar-refractivity contribution >= 4 is 5.97 Å². The van der Waals surface area contributed by atoms with Gasteiger partial charge in [0.15, 0.2) is 0 Å². The standard InChI is InChI=1S/C16H23NO3/c1-11(3-4-13-5-7-14(18)8-6-13)17-10-9-15(12(17)2)16(19)20/h5-8,11-12,15,18H,3-4,9-10H2,1-2H3,(H,19,20). The highest BCUT2D eigenvalue weighted by Gasteiger charge is 2.37. The number of phenolic OH excluding ortho intramolecular Hbond substituents is 1. The number of rotatable bonds is 5. The van der Waals surface area contributed by atoms with Gasteiger partial charge in [0, 0.05) is 12.1 Å². The van der Waals surface area contributed by atoms with Crippen LogP contribution in [0, 0.1) is 5.92 Å². The third-order valence-corrected chi connectivity index (χ3v) is 4.47. The molecular formula is C16H23NO3. The van der Waals surface area contributed by atoms with E-state index >= 15 is 0 Å². The Bertz CT molecular complexity index is 457. The van der Waals surface area contributed by atoms with Gasteiger partial charge >= 0.3 is 5.97 Å². The van der Waals surface area contributed by atoms with E-state index in [1.165, 1.54) is 5.56 Å². The van der Waals surface area contributed by atoms with Gasteiger partial charge in [0.05, 0.1) is 5.92 Å². The molecule has 0 aliphatic carbocycles. The summed E-state index contributed by atoms with van der Waals surface area (Å²) in [6.45, 7) is 5.05. The molecule has 1 aromatic carbocycles. The van der Waals surface area contributed by atoms with Crippen molar-refractivity contribution in [2.75, 3.05) is 6.54 Å². The Morgan fingerprint density at radius 3 is 2.60 bits per heavy atom. The second-order valence-corrected chi connectivity index (χ2v) is 5.77. The molecule has 0 bridgehead atoms. The van der Waals surface area contributed by atoms with Gasteiger partial charge in [0.25, 0.3) is 0 Å². The van der Waals surface area contributed by atoms with Crippen LogP contribution in [-0.4, -0.2) is 39.7 Å². The van der Waals surface area contributed by atoms with E-state index in [0.717, 1.165) is 25.8 Å². The van der Waals surface area contributed by atoms with Crippen LogP contribution in [0.3, 0.4) is 0 Å². The first-order valence-electron chi connectivity index (χ1n) is 7.25. The maximum absolute atomic E-state index is 11.1. The van der Waals surface area contributed by atoms with Crippen LogP contribution in [0.5, 0.6) is 5.75 Å². The highest BCUT2D eigenvalue weighted by molar-refractivity contribution is 5.71.